The van der Waals surface area contributed by atoms with Gasteiger partial charge in [0.15, 0.2) is 0 Å². The van der Waals surface area contributed by atoms with Gasteiger partial charge in [0.2, 0.25) is 0 Å². The van der Waals surface area contributed by atoms with Gasteiger partial charge in [0.1, 0.15) is 5.69 Å². The Labute approximate surface area is 107 Å². The summed E-state index contributed by atoms with van der Waals surface area (Å²) in [4.78, 5) is 0. The van der Waals surface area contributed by atoms with Gasteiger partial charge >= 0.3 is 0 Å². The number of nitrogens with one attached hydrogen (secondary N) is 1. The predicted molar refractivity (Wildman–Crippen MR) is 69.3 cm³/mol. The molecule has 0 spiro atoms. The first-order valence-electron chi connectivity index (χ1n) is 6.09. The minimum Gasteiger partial charge on any atom is -0.313 e. The van der Waals surface area contributed by atoms with E-state index in [1.54, 1.807) is 4.68 Å². The van der Waals surface area contributed by atoms with E-state index >= 15 is 0 Å². The highest BCUT2D eigenvalue weighted by atomic mass is 15.4. The first-order chi connectivity index (χ1) is 8.52. The standard InChI is InChI=1S/C12H20N6/c1-8(13-4)12-9(2)15-18(10(12)3)7-11-6-17(5)16-14-11/h6,8,13H,7H2,1-5H3. The summed E-state index contributed by atoms with van der Waals surface area (Å²) in [6.45, 7) is 6.95. The summed E-state index contributed by atoms with van der Waals surface area (Å²) >= 11 is 0. The van der Waals surface area contributed by atoms with Crippen LogP contribution in [0.5, 0.6) is 0 Å². The van der Waals surface area contributed by atoms with E-state index < -0.39 is 0 Å². The maximum atomic E-state index is 4.58. The van der Waals surface area contributed by atoms with Crippen LogP contribution in [0.2, 0.25) is 0 Å². The monoisotopic (exact) mass is 248 g/mol. The molecule has 0 amide bonds. The van der Waals surface area contributed by atoms with E-state index in [2.05, 4.69) is 34.6 Å². The SMILES string of the molecule is CNC(C)c1c(C)nn(Cc2cn(C)nn2)c1C. The Balaban J connectivity index is 2.29. The van der Waals surface area contributed by atoms with E-state index in [1.165, 1.54) is 11.3 Å². The van der Waals surface area contributed by atoms with Crippen LogP contribution in [0.4, 0.5) is 0 Å². The summed E-state index contributed by atoms with van der Waals surface area (Å²) in [6.07, 6.45) is 1.91. The normalized spacial score (nSPS) is 12.9. The van der Waals surface area contributed by atoms with E-state index in [0.29, 0.717) is 12.6 Å². The van der Waals surface area contributed by atoms with E-state index in [-0.39, 0.29) is 0 Å². The molecule has 0 saturated heterocycles. The van der Waals surface area contributed by atoms with Crippen LogP contribution >= 0.6 is 0 Å². The molecule has 0 fully saturated rings. The van der Waals surface area contributed by atoms with Crippen LogP contribution in [0.25, 0.3) is 0 Å². The maximum absolute atomic E-state index is 4.58. The third kappa shape index (κ3) is 2.28. The van der Waals surface area contributed by atoms with Crippen molar-refractivity contribution in [3.63, 3.8) is 0 Å². The molecule has 1 N–H and O–H groups in total. The summed E-state index contributed by atoms with van der Waals surface area (Å²) in [6, 6.07) is 0.306. The Kier molecular flexibility index (Phi) is 3.47. The lowest BCUT2D eigenvalue weighted by Gasteiger charge is -2.11. The average Bonchev–Trinajstić information content (AvgIpc) is 2.84. The van der Waals surface area contributed by atoms with Crippen LogP contribution in [-0.4, -0.2) is 31.8 Å². The molecule has 18 heavy (non-hydrogen) atoms. The lowest BCUT2D eigenvalue weighted by molar-refractivity contribution is 0.627. The second-order valence-corrected chi connectivity index (χ2v) is 4.64. The highest BCUT2D eigenvalue weighted by Gasteiger charge is 2.16. The van der Waals surface area contributed by atoms with Crippen molar-refractivity contribution in [2.75, 3.05) is 7.05 Å². The van der Waals surface area contributed by atoms with Crippen molar-refractivity contribution < 1.29 is 0 Å². The highest BCUT2D eigenvalue weighted by Crippen LogP contribution is 2.21. The van der Waals surface area contributed by atoms with Gasteiger partial charge in [-0.05, 0) is 27.8 Å². The maximum Gasteiger partial charge on any atom is 0.104 e. The Morgan fingerprint density at radius 3 is 2.67 bits per heavy atom. The topological polar surface area (TPSA) is 60.6 Å². The van der Waals surface area contributed by atoms with Gasteiger partial charge in [-0.25, -0.2) is 0 Å². The first kappa shape index (κ1) is 12.8. The van der Waals surface area contributed by atoms with Gasteiger partial charge in [-0.2, -0.15) is 5.10 Å². The zero-order chi connectivity index (χ0) is 13.3. The van der Waals surface area contributed by atoms with Crippen molar-refractivity contribution in [1.29, 1.82) is 0 Å². The van der Waals surface area contributed by atoms with Crippen molar-refractivity contribution in [2.45, 2.75) is 33.4 Å². The fraction of sp³-hybridized carbons (Fsp3) is 0.583. The molecule has 98 valence electrons. The van der Waals surface area contributed by atoms with Gasteiger partial charge in [0, 0.05) is 30.5 Å². The molecule has 1 atom stereocenters. The lowest BCUT2D eigenvalue weighted by Crippen LogP contribution is -2.14. The van der Waals surface area contributed by atoms with Crippen molar-refractivity contribution in [3.8, 4) is 0 Å². The smallest absolute Gasteiger partial charge is 0.104 e. The van der Waals surface area contributed by atoms with E-state index in [4.69, 9.17) is 0 Å². The summed E-state index contributed by atoms with van der Waals surface area (Å²) in [7, 11) is 3.83. The Morgan fingerprint density at radius 2 is 2.11 bits per heavy atom. The van der Waals surface area contributed by atoms with Gasteiger partial charge in [-0.15, -0.1) is 5.10 Å². The predicted octanol–water partition coefficient (Wildman–Crippen LogP) is 0.957. The molecule has 0 radical (unpaired) electrons. The molecular weight excluding hydrogens is 228 g/mol. The molecule has 2 aromatic rings. The largest absolute Gasteiger partial charge is 0.313 e. The Hall–Kier alpha value is -1.69. The minimum atomic E-state index is 0.306. The van der Waals surface area contributed by atoms with Gasteiger partial charge in [0.05, 0.1) is 12.2 Å². The van der Waals surface area contributed by atoms with Crippen molar-refractivity contribution in [3.05, 3.63) is 28.8 Å². The molecule has 1 unspecified atom stereocenters. The van der Waals surface area contributed by atoms with Crippen molar-refractivity contribution >= 4 is 0 Å². The quantitative estimate of drug-likeness (QED) is 0.875. The van der Waals surface area contributed by atoms with Crippen LogP contribution in [0, 0.1) is 13.8 Å². The minimum absolute atomic E-state index is 0.306. The zero-order valence-electron chi connectivity index (χ0n) is 11.6. The fourth-order valence-electron chi connectivity index (χ4n) is 2.26. The molecule has 0 aliphatic rings. The van der Waals surface area contributed by atoms with E-state index in [0.717, 1.165) is 11.4 Å². The summed E-state index contributed by atoms with van der Waals surface area (Å²) < 4.78 is 3.70. The van der Waals surface area contributed by atoms with Gasteiger partial charge < -0.3 is 5.32 Å². The van der Waals surface area contributed by atoms with E-state index in [9.17, 15) is 0 Å². The molecule has 2 heterocycles. The molecule has 2 aromatic heterocycles. The van der Waals surface area contributed by atoms with Crippen molar-refractivity contribution in [2.24, 2.45) is 7.05 Å². The molecule has 6 heteroatoms. The average molecular weight is 248 g/mol. The summed E-state index contributed by atoms with van der Waals surface area (Å²) in [5.74, 6) is 0. The molecule has 6 nitrogen and oxygen atoms in total. The molecule has 0 aliphatic carbocycles. The second-order valence-electron chi connectivity index (χ2n) is 4.64. The molecule has 0 saturated carbocycles. The highest BCUT2D eigenvalue weighted by molar-refractivity contribution is 5.28. The van der Waals surface area contributed by atoms with Gasteiger partial charge in [0.25, 0.3) is 0 Å². The number of hydrogen-bond acceptors (Lipinski definition) is 4. The lowest BCUT2D eigenvalue weighted by atomic mass is 10.1. The molecule has 0 aliphatic heterocycles. The third-order valence-electron chi connectivity index (χ3n) is 3.27. The number of hydrogen-bond donors (Lipinski definition) is 1. The number of aromatic nitrogens is 5. The van der Waals surface area contributed by atoms with Crippen LogP contribution < -0.4 is 5.32 Å². The van der Waals surface area contributed by atoms with E-state index in [1.807, 2.05) is 31.9 Å². The van der Waals surface area contributed by atoms with Gasteiger partial charge in [-0.1, -0.05) is 5.21 Å². The Bertz CT molecular complexity index is 539. The summed E-state index contributed by atoms with van der Waals surface area (Å²) in [5, 5.41) is 15.9. The number of rotatable bonds is 4. The number of aryl methyl sites for hydroxylation is 2. The summed E-state index contributed by atoms with van der Waals surface area (Å²) in [5.41, 5.74) is 4.44. The first-order valence-corrected chi connectivity index (χ1v) is 6.09. The molecular formula is C12H20N6. The number of nitrogens with zero attached hydrogens (tertiary/aromatic N) is 5. The Morgan fingerprint density at radius 1 is 1.39 bits per heavy atom. The van der Waals surface area contributed by atoms with Crippen LogP contribution in [0.15, 0.2) is 6.20 Å². The molecule has 0 bridgehead atoms. The third-order valence-corrected chi connectivity index (χ3v) is 3.27. The van der Waals surface area contributed by atoms with Gasteiger partial charge in [-0.3, -0.25) is 9.36 Å². The molecule has 0 aromatic carbocycles. The zero-order valence-corrected chi connectivity index (χ0v) is 11.6. The fourth-order valence-corrected chi connectivity index (χ4v) is 2.26. The van der Waals surface area contributed by atoms with Crippen LogP contribution in [-0.2, 0) is 13.6 Å². The van der Waals surface area contributed by atoms with Crippen LogP contribution in [0.3, 0.4) is 0 Å². The van der Waals surface area contributed by atoms with Crippen molar-refractivity contribution in [1.82, 2.24) is 30.1 Å². The molecule has 2 rings (SSSR count). The van der Waals surface area contributed by atoms with Crippen LogP contribution in [0.1, 0.15) is 35.6 Å². The second kappa shape index (κ2) is 4.89.